The van der Waals surface area contributed by atoms with Crippen molar-refractivity contribution in [2.24, 2.45) is 0 Å². The molecule has 0 unspecified atom stereocenters. The highest BCUT2D eigenvalue weighted by molar-refractivity contribution is 6.15. The summed E-state index contributed by atoms with van der Waals surface area (Å²) in [5, 5.41) is 7.23. The van der Waals surface area contributed by atoms with Gasteiger partial charge in [0, 0.05) is 76.9 Å². The lowest BCUT2D eigenvalue weighted by Crippen LogP contribution is -2.15. The Morgan fingerprint density at radius 1 is 0.202 bits per heavy atom. The van der Waals surface area contributed by atoms with Crippen molar-refractivity contribution in [3.8, 4) is 107 Å². The molecular formula is C93H64N6. The normalized spacial score (nSPS) is 13.4. The van der Waals surface area contributed by atoms with Crippen molar-refractivity contribution < 1.29 is 0 Å². The first-order chi connectivity index (χ1) is 48.6. The molecule has 0 aliphatic heterocycles. The Labute approximate surface area is 573 Å². The summed E-state index contributed by atoms with van der Waals surface area (Å²) in [5.74, 6) is 1.83. The highest BCUT2D eigenvalue weighted by Gasteiger charge is 2.37. The number of rotatable bonds is 9. The van der Waals surface area contributed by atoms with Crippen LogP contribution in [0.4, 0.5) is 0 Å². The molecule has 0 spiro atoms. The largest absolute Gasteiger partial charge is 0.309 e. The third kappa shape index (κ3) is 8.72. The number of nitrogens with zero attached hydrogens (tertiary/aromatic N) is 6. The molecule has 14 aromatic carbocycles. The summed E-state index contributed by atoms with van der Waals surface area (Å²) in [4.78, 5) is 15.7. The second-order valence-corrected chi connectivity index (χ2v) is 27.9. The molecule has 20 rings (SSSR count). The van der Waals surface area contributed by atoms with Crippen molar-refractivity contribution >= 4 is 65.4 Å². The molecule has 2 aliphatic rings. The van der Waals surface area contributed by atoms with E-state index in [4.69, 9.17) is 15.0 Å². The van der Waals surface area contributed by atoms with Crippen molar-refractivity contribution in [2.75, 3.05) is 0 Å². The predicted molar refractivity (Wildman–Crippen MR) is 411 cm³/mol. The molecule has 0 saturated carbocycles. The maximum atomic E-state index is 5.29. The van der Waals surface area contributed by atoms with Gasteiger partial charge in [-0.05, 0) is 163 Å². The van der Waals surface area contributed by atoms with Crippen molar-refractivity contribution in [3.05, 3.63) is 338 Å². The molecule has 0 N–H and O–H groups in total. The fourth-order valence-corrected chi connectivity index (χ4v) is 16.8. The molecule has 6 nitrogen and oxygen atoms in total. The lowest BCUT2D eigenvalue weighted by Gasteiger charge is -2.22. The van der Waals surface area contributed by atoms with E-state index in [1.807, 2.05) is 24.3 Å². The maximum absolute atomic E-state index is 5.29. The SMILES string of the molecule is CC1(C)c2ccccc2-c2ccc(-n3c4ccccc4c4ccc(-c5ccc6c(c5)c5cc(-c7ccc8c9ccccc9n(-c9ccc%10c(c9)C(C)(C)c9ccccc9-%10)c8c7)ccc5n6-c5cccc(-c6nc(-c7ccccc7)nc(-c7ccc(-c8ccccc8)cc7)n6)c5)cc43)cc21. The number of aromatic nitrogens is 6. The fourth-order valence-electron chi connectivity index (χ4n) is 16.8. The Kier molecular flexibility index (Phi) is 12.3. The van der Waals surface area contributed by atoms with Crippen LogP contribution in [0.5, 0.6) is 0 Å². The van der Waals surface area contributed by atoms with Gasteiger partial charge in [0.05, 0.1) is 33.1 Å². The van der Waals surface area contributed by atoms with Crippen LogP contribution in [0, 0.1) is 0 Å². The van der Waals surface area contributed by atoms with Crippen LogP contribution in [0.25, 0.3) is 172 Å². The van der Waals surface area contributed by atoms with Crippen LogP contribution in [0.2, 0.25) is 0 Å². The first kappa shape index (κ1) is 56.8. The molecule has 0 amide bonds. The molecular weight excluding hydrogens is 1200 g/mol. The molecule has 2 aliphatic carbocycles. The van der Waals surface area contributed by atoms with Gasteiger partial charge in [0.25, 0.3) is 0 Å². The van der Waals surface area contributed by atoms with E-state index in [1.165, 1.54) is 88.1 Å². The van der Waals surface area contributed by atoms with Gasteiger partial charge in [-0.25, -0.2) is 15.0 Å². The molecule has 99 heavy (non-hydrogen) atoms. The molecule has 18 aromatic rings. The van der Waals surface area contributed by atoms with Crippen molar-refractivity contribution in [1.82, 2.24) is 28.7 Å². The molecule has 0 radical (unpaired) electrons. The third-order valence-electron chi connectivity index (χ3n) is 21.7. The van der Waals surface area contributed by atoms with E-state index in [0.29, 0.717) is 17.5 Å². The second-order valence-electron chi connectivity index (χ2n) is 27.9. The van der Waals surface area contributed by atoms with E-state index in [0.717, 1.165) is 88.9 Å². The molecule has 4 heterocycles. The monoisotopic (exact) mass is 1260 g/mol. The van der Waals surface area contributed by atoms with Crippen LogP contribution < -0.4 is 0 Å². The summed E-state index contributed by atoms with van der Waals surface area (Å²) >= 11 is 0. The number of benzene rings is 14. The van der Waals surface area contributed by atoms with Crippen molar-refractivity contribution in [1.29, 1.82) is 0 Å². The smallest absolute Gasteiger partial charge is 0.164 e. The van der Waals surface area contributed by atoms with E-state index >= 15 is 0 Å². The summed E-state index contributed by atoms with van der Waals surface area (Å²) in [5.41, 5.74) is 30.3. The highest BCUT2D eigenvalue weighted by Crippen LogP contribution is 2.52. The summed E-state index contributed by atoms with van der Waals surface area (Å²) in [7, 11) is 0. The van der Waals surface area contributed by atoms with Gasteiger partial charge in [-0.15, -0.1) is 0 Å². The number of para-hydroxylation sites is 2. The van der Waals surface area contributed by atoms with Crippen molar-refractivity contribution in [2.45, 2.75) is 38.5 Å². The third-order valence-corrected chi connectivity index (χ3v) is 21.7. The van der Waals surface area contributed by atoms with Gasteiger partial charge in [0.2, 0.25) is 0 Å². The zero-order valence-corrected chi connectivity index (χ0v) is 55.2. The number of fused-ring (bicyclic) bond motifs is 15. The Hall–Kier alpha value is -12.5. The van der Waals surface area contributed by atoms with Gasteiger partial charge >= 0.3 is 0 Å². The Bertz CT molecular complexity index is 6120. The van der Waals surface area contributed by atoms with Crippen LogP contribution in [-0.2, 0) is 10.8 Å². The Balaban J connectivity index is 0.760. The maximum Gasteiger partial charge on any atom is 0.164 e. The number of hydrogen-bond donors (Lipinski definition) is 0. The minimum Gasteiger partial charge on any atom is -0.309 e. The van der Waals surface area contributed by atoms with Gasteiger partial charge < -0.3 is 13.7 Å². The topological polar surface area (TPSA) is 53.5 Å². The molecule has 0 atom stereocenters. The van der Waals surface area contributed by atoms with E-state index in [1.54, 1.807) is 0 Å². The fraction of sp³-hybridized carbons (Fsp3) is 0.0645. The summed E-state index contributed by atoms with van der Waals surface area (Å²) in [6.07, 6.45) is 0. The summed E-state index contributed by atoms with van der Waals surface area (Å²) < 4.78 is 7.39. The standard InChI is InChI=1S/C93H64N6/c1-92(2)79-30-15-11-26-69(79)71-46-42-67(55-81(71)92)98-83-32-17-13-28-73(83)75-44-38-63(53-87(75)98)61-40-48-85-77(51-61)78-52-62(64-39-45-76-74-29-14-18-33-84(74)99(88(76)54-64)68-43-47-72-70-27-12-16-31-80(70)93(3,4)82(72)56-68)41-49-86(78)97(85)66-25-19-24-65(50-66)91-95-89(59-22-9-6-10-23-59)94-90(96-91)60-36-34-58(35-37-60)57-20-7-5-8-21-57/h5-56H,1-4H3. The zero-order valence-electron chi connectivity index (χ0n) is 55.2. The minimum absolute atomic E-state index is 0.138. The van der Waals surface area contributed by atoms with Crippen LogP contribution in [-0.4, -0.2) is 28.7 Å². The van der Waals surface area contributed by atoms with Crippen LogP contribution in [0.3, 0.4) is 0 Å². The summed E-state index contributed by atoms with van der Waals surface area (Å²) in [6, 6.07) is 116. The van der Waals surface area contributed by atoms with E-state index in [9.17, 15) is 0 Å². The molecule has 0 fully saturated rings. The molecule has 4 aromatic heterocycles. The lowest BCUT2D eigenvalue weighted by molar-refractivity contribution is 0.660. The second kappa shape index (κ2) is 21.5. The zero-order chi connectivity index (χ0) is 65.8. The Morgan fingerprint density at radius 2 is 0.545 bits per heavy atom. The quantitative estimate of drug-likeness (QED) is 0.145. The van der Waals surface area contributed by atoms with E-state index in [-0.39, 0.29) is 10.8 Å². The van der Waals surface area contributed by atoms with Crippen LogP contribution in [0.1, 0.15) is 49.9 Å². The van der Waals surface area contributed by atoms with Crippen molar-refractivity contribution in [3.63, 3.8) is 0 Å². The van der Waals surface area contributed by atoms with Gasteiger partial charge in [0.15, 0.2) is 17.5 Å². The first-order valence-corrected chi connectivity index (χ1v) is 34.3. The molecule has 6 heteroatoms. The molecule has 466 valence electrons. The van der Waals surface area contributed by atoms with Gasteiger partial charge in [-0.1, -0.05) is 258 Å². The predicted octanol–water partition coefficient (Wildman–Crippen LogP) is 23.8. The van der Waals surface area contributed by atoms with Crippen LogP contribution in [0.15, 0.2) is 315 Å². The average molecular weight is 1270 g/mol. The van der Waals surface area contributed by atoms with Gasteiger partial charge in [0.1, 0.15) is 0 Å². The van der Waals surface area contributed by atoms with E-state index in [2.05, 4.69) is 333 Å². The Morgan fingerprint density at radius 3 is 1.07 bits per heavy atom. The average Bonchev–Trinajstić information content (AvgIpc) is 1.59. The van der Waals surface area contributed by atoms with Gasteiger partial charge in [-0.3, -0.25) is 0 Å². The molecule has 0 bridgehead atoms. The molecule has 0 saturated heterocycles. The van der Waals surface area contributed by atoms with E-state index < -0.39 is 0 Å². The summed E-state index contributed by atoms with van der Waals surface area (Å²) in [6.45, 7) is 9.47. The van der Waals surface area contributed by atoms with Crippen LogP contribution >= 0.6 is 0 Å². The van der Waals surface area contributed by atoms with Gasteiger partial charge in [-0.2, -0.15) is 0 Å². The minimum atomic E-state index is -0.138. The highest BCUT2D eigenvalue weighted by atomic mass is 15.0. The first-order valence-electron chi connectivity index (χ1n) is 34.3. The lowest BCUT2D eigenvalue weighted by atomic mass is 9.82. The number of hydrogen-bond acceptors (Lipinski definition) is 3.